The van der Waals surface area contributed by atoms with E-state index in [0.29, 0.717) is 20.6 Å². The molecule has 1 fully saturated rings. The number of nitrogens with zero attached hydrogens (tertiary/aromatic N) is 1. The SMILES string of the molecule is CC(=O)N1CC(C)BOC(CC(=O)O)C1. The summed E-state index contributed by atoms with van der Waals surface area (Å²) in [6.07, 6.45) is -0.424. The zero-order chi connectivity index (χ0) is 11.4. The van der Waals surface area contributed by atoms with Crippen molar-refractivity contribution in [2.45, 2.75) is 32.2 Å². The smallest absolute Gasteiger partial charge is 0.305 e. The van der Waals surface area contributed by atoms with E-state index in [1.165, 1.54) is 6.92 Å². The largest absolute Gasteiger partial charge is 0.481 e. The predicted octanol–water partition coefficient (Wildman–Crippen LogP) is -0.132. The minimum Gasteiger partial charge on any atom is -0.481 e. The Morgan fingerprint density at radius 2 is 2.20 bits per heavy atom. The molecule has 2 unspecified atom stereocenters. The second-order valence-electron chi connectivity index (χ2n) is 4.08. The summed E-state index contributed by atoms with van der Waals surface area (Å²) in [5.74, 6) is -0.659. The van der Waals surface area contributed by atoms with E-state index in [4.69, 9.17) is 9.76 Å². The van der Waals surface area contributed by atoms with Crippen LogP contribution in [0, 0.1) is 0 Å². The van der Waals surface area contributed by atoms with Crippen LogP contribution in [0.5, 0.6) is 0 Å². The summed E-state index contributed by atoms with van der Waals surface area (Å²) in [7, 11) is 0.516. The fraction of sp³-hybridized carbons (Fsp3) is 0.778. The molecule has 1 aliphatic rings. The summed E-state index contributed by atoms with van der Waals surface area (Å²) in [6.45, 7) is 4.51. The molecule has 0 spiro atoms. The lowest BCUT2D eigenvalue weighted by Crippen LogP contribution is -2.36. The van der Waals surface area contributed by atoms with E-state index in [2.05, 4.69) is 0 Å². The van der Waals surface area contributed by atoms with Crippen LogP contribution in [-0.4, -0.2) is 48.6 Å². The van der Waals surface area contributed by atoms with Crippen molar-refractivity contribution in [3.05, 3.63) is 0 Å². The third-order valence-corrected chi connectivity index (χ3v) is 2.42. The van der Waals surface area contributed by atoms with Gasteiger partial charge in [-0.1, -0.05) is 6.92 Å². The van der Waals surface area contributed by atoms with Crippen molar-refractivity contribution in [1.29, 1.82) is 0 Å². The highest BCUT2D eigenvalue weighted by Crippen LogP contribution is 2.15. The molecule has 0 aromatic heterocycles. The first-order chi connectivity index (χ1) is 6.99. The van der Waals surface area contributed by atoms with Crippen LogP contribution in [0.25, 0.3) is 0 Å². The van der Waals surface area contributed by atoms with Crippen LogP contribution in [-0.2, 0) is 14.2 Å². The molecule has 15 heavy (non-hydrogen) atoms. The minimum atomic E-state index is -0.891. The molecule has 1 rings (SSSR count). The van der Waals surface area contributed by atoms with E-state index in [1.807, 2.05) is 6.92 Å². The highest BCUT2D eigenvalue weighted by Gasteiger charge is 2.26. The van der Waals surface area contributed by atoms with E-state index in [-0.39, 0.29) is 24.2 Å². The molecule has 2 atom stereocenters. The number of aliphatic carboxylic acids is 1. The van der Waals surface area contributed by atoms with Crippen molar-refractivity contribution in [2.75, 3.05) is 13.1 Å². The van der Waals surface area contributed by atoms with Gasteiger partial charge in [-0.15, -0.1) is 0 Å². The van der Waals surface area contributed by atoms with Crippen LogP contribution >= 0.6 is 0 Å². The number of carboxylic acid groups (broad SMARTS) is 1. The van der Waals surface area contributed by atoms with Crippen LogP contribution in [0.4, 0.5) is 0 Å². The van der Waals surface area contributed by atoms with Gasteiger partial charge in [0.1, 0.15) is 0 Å². The average Bonchev–Trinajstić information content (AvgIpc) is 2.27. The third kappa shape index (κ3) is 3.91. The fourth-order valence-corrected chi connectivity index (χ4v) is 1.68. The number of carboxylic acids is 1. The summed E-state index contributed by atoms with van der Waals surface area (Å²) in [4.78, 5) is 23.5. The van der Waals surface area contributed by atoms with Gasteiger partial charge in [0.05, 0.1) is 12.5 Å². The maximum absolute atomic E-state index is 11.3. The van der Waals surface area contributed by atoms with Crippen LogP contribution in [0.3, 0.4) is 0 Å². The molecule has 0 saturated carbocycles. The van der Waals surface area contributed by atoms with Crippen LogP contribution < -0.4 is 0 Å². The molecule has 0 aliphatic carbocycles. The Morgan fingerprint density at radius 1 is 1.53 bits per heavy atom. The Kier molecular flexibility index (Phi) is 4.14. The number of carbonyl (C=O) groups excluding carboxylic acids is 1. The number of hydrogen-bond donors (Lipinski definition) is 1. The normalized spacial score (nSPS) is 26.7. The van der Waals surface area contributed by atoms with Gasteiger partial charge in [-0.05, 0) is 5.82 Å². The van der Waals surface area contributed by atoms with E-state index in [9.17, 15) is 9.59 Å². The average molecular weight is 213 g/mol. The first kappa shape index (κ1) is 12.0. The van der Waals surface area contributed by atoms with Crippen molar-refractivity contribution in [3.8, 4) is 0 Å². The predicted molar refractivity (Wildman–Crippen MR) is 56.0 cm³/mol. The molecule has 1 amide bonds. The Hall–Kier alpha value is -1.04. The minimum absolute atomic E-state index is 0.0252. The standard InChI is InChI=1S/C9H16BNO4/c1-6-4-11(7(2)12)5-8(15-10-6)3-9(13)14/h6,8,10H,3-5H2,1-2H3,(H,13,14). The maximum Gasteiger partial charge on any atom is 0.305 e. The summed E-state index contributed by atoms with van der Waals surface area (Å²) in [5.41, 5.74) is 0. The summed E-state index contributed by atoms with van der Waals surface area (Å²) < 4.78 is 5.43. The third-order valence-electron chi connectivity index (χ3n) is 2.42. The summed E-state index contributed by atoms with van der Waals surface area (Å²) in [6, 6.07) is 0. The number of rotatable bonds is 2. The molecule has 0 aromatic carbocycles. The quantitative estimate of drug-likeness (QED) is 0.648. The molecule has 6 heteroatoms. The molecule has 1 N–H and O–H groups in total. The molecule has 1 aliphatic heterocycles. The Labute approximate surface area is 89.7 Å². The molecular formula is C9H16BNO4. The van der Waals surface area contributed by atoms with Crippen molar-refractivity contribution in [1.82, 2.24) is 4.90 Å². The summed E-state index contributed by atoms with van der Waals surface area (Å²) in [5, 5.41) is 8.66. The second kappa shape index (κ2) is 5.16. The number of amides is 1. The van der Waals surface area contributed by atoms with Gasteiger partial charge in [0.2, 0.25) is 5.91 Å². The monoisotopic (exact) mass is 213 g/mol. The Morgan fingerprint density at radius 3 is 2.73 bits per heavy atom. The lowest BCUT2D eigenvalue weighted by Gasteiger charge is -2.22. The van der Waals surface area contributed by atoms with Crippen LogP contribution in [0.15, 0.2) is 0 Å². The van der Waals surface area contributed by atoms with E-state index < -0.39 is 5.97 Å². The molecule has 0 radical (unpaired) electrons. The molecule has 84 valence electrons. The van der Waals surface area contributed by atoms with Gasteiger partial charge in [0.25, 0.3) is 7.48 Å². The van der Waals surface area contributed by atoms with Gasteiger partial charge in [0.15, 0.2) is 0 Å². The van der Waals surface area contributed by atoms with Gasteiger partial charge in [0, 0.05) is 20.0 Å². The number of carbonyl (C=O) groups is 2. The molecule has 0 aromatic rings. The van der Waals surface area contributed by atoms with Crippen LogP contribution in [0.2, 0.25) is 5.82 Å². The highest BCUT2D eigenvalue weighted by atomic mass is 16.4. The lowest BCUT2D eigenvalue weighted by molar-refractivity contribution is -0.140. The number of hydrogen-bond acceptors (Lipinski definition) is 3. The second-order valence-corrected chi connectivity index (χ2v) is 4.08. The van der Waals surface area contributed by atoms with E-state index >= 15 is 0 Å². The van der Waals surface area contributed by atoms with Crippen molar-refractivity contribution in [3.63, 3.8) is 0 Å². The molecule has 1 saturated heterocycles. The van der Waals surface area contributed by atoms with Crippen molar-refractivity contribution < 1.29 is 19.3 Å². The zero-order valence-electron chi connectivity index (χ0n) is 9.10. The van der Waals surface area contributed by atoms with Gasteiger partial charge in [-0.3, -0.25) is 9.59 Å². The van der Waals surface area contributed by atoms with Gasteiger partial charge in [-0.2, -0.15) is 0 Å². The van der Waals surface area contributed by atoms with Gasteiger partial charge < -0.3 is 14.7 Å². The Bertz CT molecular complexity index is 258. The van der Waals surface area contributed by atoms with E-state index in [0.717, 1.165) is 0 Å². The van der Waals surface area contributed by atoms with Gasteiger partial charge >= 0.3 is 5.97 Å². The Balaban J connectivity index is 2.60. The highest BCUT2D eigenvalue weighted by molar-refractivity contribution is 6.29. The fourth-order valence-electron chi connectivity index (χ4n) is 1.68. The lowest BCUT2D eigenvalue weighted by atomic mass is 9.81. The van der Waals surface area contributed by atoms with E-state index in [1.54, 1.807) is 4.90 Å². The topological polar surface area (TPSA) is 66.8 Å². The zero-order valence-corrected chi connectivity index (χ0v) is 9.10. The van der Waals surface area contributed by atoms with Crippen LogP contribution in [0.1, 0.15) is 20.3 Å². The van der Waals surface area contributed by atoms with Crippen molar-refractivity contribution in [2.24, 2.45) is 0 Å². The first-order valence-corrected chi connectivity index (χ1v) is 5.08. The molecule has 5 nitrogen and oxygen atoms in total. The maximum atomic E-state index is 11.3. The molecule has 1 heterocycles. The molecular weight excluding hydrogens is 197 g/mol. The first-order valence-electron chi connectivity index (χ1n) is 5.08. The summed E-state index contributed by atoms with van der Waals surface area (Å²) >= 11 is 0. The van der Waals surface area contributed by atoms with Crippen molar-refractivity contribution >= 4 is 19.4 Å². The molecule has 0 bridgehead atoms. The van der Waals surface area contributed by atoms with Gasteiger partial charge in [-0.25, -0.2) is 0 Å².